The van der Waals surface area contributed by atoms with Crippen molar-refractivity contribution in [3.63, 3.8) is 0 Å². The molecule has 0 atom stereocenters. The van der Waals surface area contributed by atoms with Crippen molar-refractivity contribution in [3.05, 3.63) is 0 Å². The fourth-order valence-electron chi connectivity index (χ4n) is 0.351. The minimum Gasteiger partial charge on any atom is -0.394 e. The van der Waals surface area contributed by atoms with Crippen LogP contribution in [0.15, 0.2) is 0 Å². The minimum atomic E-state index is -0.167. The summed E-state index contributed by atoms with van der Waals surface area (Å²) < 4.78 is 0. The standard InChI is InChI=1S/C5H8O2.2C3H8O.Ti/c1-4(6)3-5(2)7;2*1-3(2)4;/h3H2,1-2H3;2*3-4H,1-2H3;. The first-order valence-corrected chi connectivity index (χ1v) is 4.94. The van der Waals surface area contributed by atoms with Crippen LogP contribution in [0.2, 0.25) is 0 Å². The van der Waals surface area contributed by atoms with Gasteiger partial charge in [-0.15, -0.1) is 0 Å². The van der Waals surface area contributed by atoms with Gasteiger partial charge in [0, 0.05) is 33.9 Å². The largest absolute Gasteiger partial charge is 0.394 e. The first-order valence-electron chi connectivity index (χ1n) is 4.94. The van der Waals surface area contributed by atoms with Crippen molar-refractivity contribution < 1.29 is 41.5 Å². The number of hydrogen-bond acceptors (Lipinski definition) is 4. The van der Waals surface area contributed by atoms with Crippen molar-refractivity contribution in [1.29, 1.82) is 0 Å². The first-order chi connectivity index (χ1) is 6.59. The Morgan fingerprint density at radius 3 is 1.00 bits per heavy atom. The van der Waals surface area contributed by atoms with Crippen LogP contribution in [0.1, 0.15) is 48.0 Å². The van der Waals surface area contributed by atoms with Crippen molar-refractivity contribution in [2.24, 2.45) is 0 Å². The smallest absolute Gasteiger partial charge is 0.137 e. The molecule has 0 aliphatic heterocycles. The second-order valence-corrected chi connectivity index (χ2v) is 3.77. The summed E-state index contributed by atoms with van der Waals surface area (Å²) in [7, 11) is 0. The summed E-state index contributed by atoms with van der Waals surface area (Å²) in [6.07, 6.45) is -0.250. The SMILES string of the molecule is CC(=O)CC(C)=O.CC(C)O.CC(C)O.[Ti]. The van der Waals surface area contributed by atoms with E-state index >= 15 is 0 Å². The third-order valence-electron chi connectivity index (χ3n) is 0.498. The van der Waals surface area contributed by atoms with E-state index in [1.54, 1.807) is 27.7 Å². The van der Waals surface area contributed by atoms with Crippen LogP contribution in [0.3, 0.4) is 0 Å². The molecule has 2 N–H and O–H groups in total. The van der Waals surface area contributed by atoms with Gasteiger partial charge in [0.1, 0.15) is 11.6 Å². The molecule has 0 saturated heterocycles. The van der Waals surface area contributed by atoms with E-state index in [-0.39, 0.29) is 51.9 Å². The van der Waals surface area contributed by atoms with Crippen LogP contribution in [-0.2, 0) is 31.3 Å². The van der Waals surface area contributed by atoms with Crippen molar-refractivity contribution >= 4 is 11.6 Å². The summed E-state index contributed by atoms with van der Waals surface area (Å²) >= 11 is 0. The van der Waals surface area contributed by atoms with E-state index in [9.17, 15) is 9.59 Å². The summed E-state index contributed by atoms with van der Waals surface area (Å²) in [5, 5.41) is 16.1. The Kier molecular flexibility index (Phi) is 27.1. The summed E-state index contributed by atoms with van der Waals surface area (Å²) in [4.78, 5) is 20.1. The molecule has 0 spiro atoms. The van der Waals surface area contributed by atoms with E-state index in [2.05, 4.69) is 0 Å². The molecular formula is C11H24O4Ti. The first kappa shape index (κ1) is 25.0. The minimum absolute atomic E-state index is 0. The van der Waals surface area contributed by atoms with Crippen LogP contribution in [0.25, 0.3) is 0 Å². The van der Waals surface area contributed by atoms with Gasteiger partial charge in [0.25, 0.3) is 0 Å². The summed E-state index contributed by atoms with van der Waals surface area (Å²) in [6, 6.07) is 0. The summed E-state index contributed by atoms with van der Waals surface area (Å²) in [6.45, 7) is 9.70. The molecule has 16 heavy (non-hydrogen) atoms. The predicted molar refractivity (Wildman–Crippen MR) is 60.7 cm³/mol. The van der Waals surface area contributed by atoms with Crippen molar-refractivity contribution in [1.82, 2.24) is 0 Å². The van der Waals surface area contributed by atoms with Gasteiger partial charge in [-0.1, -0.05) is 0 Å². The van der Waals surface area contributed by atoms with E-state index in [1.807, 2.05) is 0 Å². The molecular weight excluding hydrogens is 244 g/mol. The molecule has 0 bridgehead atoms. The van der Waals surface area contributed by atoms with Gasteiger partial charge in [-0.3, -0.25) is 9.59 Å². The van der Waals surface area contributed by atoms with E-state index < -0.39 is 0 Å². The zero-order valence-corrected chi connectivity index (χ0v) is 12.6. The molecule has 5 heteroatoms. The molecule has 0 saturated carbocycles. The van der Waals surface area contributed by atoms with Crippen LogP contribution in [0.5, 0.6) is 0 Å². The normalized spacial score (nSPS) is 8.12. The zero-order chi connectivity index (χ0) is 13.0. The average molecular weight is 268 g/mol. The Morgan fingerprint density at radius 2 is 1.00 bits per heavy atom. The van der Waals surface area contributed by atoms with Gasteiger partial charge in [0.2, 0.25) is 0 Å². The van der Waals surface area contributed by atoms with Gasteiger partial charge < -0.3 is 10.2 Å². The second-order valence-electron chi connectivity index (χ2n) is 3.77. The average Bonchev–Trinajstić information content (AvgIpc) is 1.78. The second kappa shape index (κ2) is 17.4. The van der Waals surface area contributed by atoms with Crippen molar-refractivity contribution in [3.8, 4) is 0 Å². The summed E-state index contributed by atoms with van der Waals surface area (Å²) in [5.74, 6) is -0.125. The molecule has 0 heterocycles. The quantitative estimate of drug-likeness (QED) is 0.585. The number of Topliss-reactive ketones (excluding diaryl/α,β-unsaturated/α-hetero) is 2. The number of ketones is 2. The van der Waals surface area contributed by atoms with E-state index in [1.165, 1.54) is 13.8 Å². The van der Waals surface area contributed by atoms with E-state index in [4.69, 9.17) is 10.2 Å². The van der Waals surface area contributed by atoms with Gasteiger partial charge in [0.05, 0.1) is 6.42 Å². The Hall–Kier alpha value is -0.0257. The molecule has 0 fully saturated rings. The van der Waals surface area contributed by atoms with Gasteiger partial charge in [-0.2, -0.15) is 0 Å². The van der Waals surface area contributed by atoms with Crippen molar-refractivity contribution in [2.45, 2.75) is 60.2 Å². The Balaban J connectivity index is -0.0000000700. The molecule has 0 amide bonds. The van der Waals surface area contributed by atoms with Crippen LogP contribution in [0, 0.1) is 0 Å². The Morgan fingerprint density at radius 1 is 0.875 bits per heavy atom. The third-order valence-corrected chi connectivity index (χ3v) is 0.498. The molecule has 0 unspecified atom stereocenters. The molecule has 96 valence electrons. The van der Waals surface area contributed by atoms with Crippen molar-refractivity contribution in [2.75, 3.05) is 0 Å². The molecule has 0 rings (SSSR count). The zero-order valence-electron chi connectivity index (χ0n) is 11.1. The number of carbonyl (C=O) groups excluding carboxylic acids is 2. The van der Waals surface area contributed by atoms with Gasteiger partial charge in [0.15, 0.2) is 0 Å². The maximum absolute atomic E-state index is 10.0. The van der Waals surface area contributed by atoms with Gasteiger partial charge in [-0.05, 0) is 41.5 Å². The number of carbonyl (C=O) groups is 2. The Bertz CT molecular complexity index is 144. The maximum Gasteiger partial charge on any atom is 0.137 e. The fourth-order valence-corrected chi connectivity index (χ4v) is 0.351. The number of aliphatic hydroxyl groups is 2. The molecule has 0 aromatic carbocycles. The molecule has 0 aliphatic carbocycles. The topological polar surface area (TPSA) is 74.6 Å². The van der Waals surface area contributed by atoms with Gasteiger partial charge >= 0.3 is 0 Å². The fraction of sp³-hybridized carbons (Fsp3) is 0.818. The Labute approximate surface area is 113 Å². The predicted octanol–water partition coefficient (Wildman–Crippen LogP) is 1.33. The molecule has 0 radical (unpaired) electrons. The third kappa shape index (κ3) is 149. The van der Waals surface area contributed by atoms with Crippen LogP contribution >= 0.6 is 0 Å². The van der Waals surface area contributed by atoms with E-state index in [0.29, 0.717) is 0 Å². The molecule has 0 aromatic heterocycles. The molecule has 4 nitrogen and oxygen atoms in total. The summed E-state index contributed by atoms with van der Waals surface area (Å²) in [5.41, 5.74) is 0. The van der Waals surface area contributed by atoms with E-state index in [0.717, 1.165) is 0 Å². The van der Waals surface area contributed by atoms with Gasteiger partial charge in [-0.25, -0.2) is 0 Å². The number of aliphatic hydroxyl groups excluding tert-OH is 2. The van der Waals surface area contributed by atoms with Crippen LogP contribution < -0.4 is 0 Å². The van der Waals surface area contributed by atoms with Crippen LogP contribution in [-0.4, -0.2) is 34.0 Å². The molecule has 0 aliphatic rings. The van der Waals surface area contributed by atoms with Crippen LogP contribution in [0.4, 0.5) is 0 Å². The monoisotopic (exact) mass is 268 g/mol. The maximum atomic E-state index is 10.0. The number of rotatable bonds is 2. The molecule has 0 aromatic rings. The number of hydrogen-bond donors (Lipinski definition) is 2.